The average molecular weight is 382 g/mol. The Morgan fingerprint density at radius 1 is 1.23 bits per heavy atom. The van der Waals surface area contributed by atoms with Crippen molar-refractivity contribution in [3.05, 3.63) is 46.5 Å². The van der Waals surface area contributed by atoms with Crippen molar-refractivity contribution in [2.75, 3.05) is 0 Å². The summed E-state index contributed by atoms with van der Waals surface area (Å²) in [5, 5.41) is 3.63. The summed E-state index contributed by atoms with van der Waals surface area (Å²) in [5.41, 5.74) is 1.82. The maximum Gasteiger partial charge on any atom is 0.322 e. The third-order valence-electron chi connectivity index (χ3n) is 3.47. The number of nitrogens with zero attached hydrogens (tertiary/aromatic N) is 5. The molecule has 3 aromatic heterocycles. The minimum absolute atomic E-state index is 0.0753. The molecule has 136 valence electrons. The second-order valence-corrected chi connectivity index (χ2v) is 5.98. The minimum Gasteiger partial charge on any atom is -0.472 e. The van der Waals surface area contributed by atoms with Crippen molar-refractivity contribution < 1.29 is 18.0 Å². The van der Waals surface area contributed by atoms with Crippen molar-refractivity contribution in [1.82, 2.24) is 25.1 Å². The first kappa shape index (κ1) is 18.1. The van der Waals surface area contributed by atoms with Crippen LogP contribution in [0.15, 0.2) is 23.0 Å². The summed E-state index contributed by atoms with van der Waals surface area (Å²) in [6, 6.07) is 1.48. The number of hydrogen-bond donors (Lipinski definition) is 0. The highest BCUT2D eigenvalue weighted by Crippen LogP contribution is 2.34. The van der Waals surface area contributed by atoms with Crippen LogP contribution in [0.5, 0.6) is 5.88 Å². The quantitative estimate of drug-likeness (QED) is 0.662. The fourth-order valence-corrected chi connectivity index (χ4v) is 2.36. The molecule has 0 aliphatic rings. The Morgan fingerprint density at radius 2 is 2.00 bits per heavy atom. The van der Waals surface area contributed by atoms with Crippen LogP contribution < -0.4 is 4.74 Å². The molecule has 0 fully saturated rings. The zero-order valence-corrected chi connectivity index (χ0v) is 14.9. The highest BCUT2D eigenvalue weighted by Gasteiger charge is 2.32. The lowest BCUT2D eigenvalue weighted by molar-refractivity contribution is -0.0158. The van der Waals surface area contributed by atoms with Crippen molar-refractivity contribution in [2.24, 2.45) is 0 Å². The van der Waals surface area contributed by atoms with E-state index in [1.165, 1.54) is 12.3 Å². The smallest absolute Gasteiger partial charge is 0.322 e. The van der Waals surface area contributed by atoms with Crippen molar-refractivity contribution in [1.29, 1.82) is 0 Å². The summed E-state index contributed by atoms with van der Waals surface area (Å²) < 4.78 is 36.7. The second kappa shape index (κ2) is 6.91. The Labute approximate surface area is 152 Å². The van der Waals surface area contributed by atoms with Crippen molar-refractivity contribution in [3.63, 3.8) is 0 Å². The summed E-state index contributed by atoms with van der Waals surface area (Å²) in [6.07, 6.45) is 3.07. The molecule has 0 N–H and O–H groups in total. The minimum atomic E-state index is -3.24. The number of halogens is 3. The lowest BCUT2D eigenvalue weighted by atomic mass is 10.2. The van der Waals surface area contributed by atoms with E-state index in [1.807, 2.05) is 6.92 Å². The SMILES string of the molecule is Cc1ncc(COc2nccc(-c3noc(C(C)(F)F)n3)c2Cl)c(C)n1. The van der Waals surface area contributed by atoms with Gasteiger partial charge in [-0.1, -0.05) is 16.8 Å². The van der Waals surface area contributed by atoms with Gasteiger partial charge in [0, 0.05) is 36.1 Å². The van der Waals surface area contributed by atoms with E-state index in [0.29, 0.717) is 12.7 Å². The molecule has 0 radical (unpaired) electrons. The van der Waals surface area contributed by atoms with Crippen LogP contribution in [-0.2, 0) is 12.5 Å². The molecule has 0 atom stereocenters. The molecule has 0 saturated carbocycles. The fourth-order valence-electron chi connectivity index (χ4n) is 2.10. The molecule has 0 aliphatic carbocycles. The molecule has 10 heteroatoms. The third-order valence-corrected chi connectivity index (χ3v) is 3.83. The molecule has 3 rings (SSSR count). The Kier molecular flexibility index (Phi) is 4.82. The number of alkyl halides is 2. The zero-order chi connectivity index (χ0) is 18.9. The van der Waals surface area contributed by atoms with E-state index >= 15 is 0 Å². The van der Waals surface area contributed by atoms with Crippen LogP contribution in [-0.4, -0.2) is 25.1 Å². The number of ether oxygens (including phenoxy) is 1. The van der Waals surface area contributed by atoms with E-state index in [-0.39, 0.29) is 28.9 Å². The maximum atomic E-state index is 13.3. The van der Waals surface area contributed by atoms with E-state index in [2.05, 4.69) is 29.6 Å². The van der Waals surface area contributed by atoms with Gasteiger partial charge in [0.2, 0.25) is 11.7 Å². The van der Waals surface area contributed by atoms with E-state index in [4.69, 9.17) is 16.3 Å². The summed E-state index contributed by atoms with van der Waals surface area (Å²) in [7, 11) is 0. The summed E-state index contributed by atoms with van der Waals surface area (Å²) in [6.45, 7) is 4.44. The Hall–Kier alpha value is -2.68. The molecule has 0 spiro atoms. The predicted octanol–water partition coefficient (Wildman–Crippen LogP) is 3.88. The second-order valence-electron chi connectivity index (χ2n) is 5.61. The van der Waals surface area contributed by atoms with Gasteiger partial charge in [0.25, 0.3) is 5.89 Å². The van der Waals surface area contributed by atoms with Gasteiger partial charge in [-0.25, -0.2) is 15.0 Å². The summed E-state index contributed by atoms with van der Waals surface area (Å²) in [5.74, 6) is -3.35. The molecule has 0 unspecified atom stereocenters. The Morgan fingerprint density at radius 3 is 2.65 bits per heavy atom. The van der Waals surface area contributed by atoms with Gasteiger partial charge in [-0.3, -0.25) is 0 Å². The van der Waals surface area contributed by atoms with Crippen LogP contribution in [0.1, 0.15) is 29.9 Å². The van der Waals surface area contributed by atoms with Gasteiger partial charge >= 0.3 is 5.92 Å². The molecule has 0 bridgehead atoms. The molecule has 26 heavy (non-hydrogen) atoms. The molecular formula is C16H14ClF2N5O2. The summed E-state index contributed by atoms with van der Waals surface area (Å²) in [4.78, 5) is 16.1. The van der Waals surface area contributed by atoms with Gasteiger partial charge in [0.05, 0.1) is 0 Å². The Balaban J connectivity index is 1.84. The van der Waals surface area contributed by atoms with E-state index in [0.717, 1.165) is 11.3 Å². The van der Waals surface area contributed by atoms with Gasteiger partial charge in [0.1, 0.15) is 17.5 Å². The first-order valence-corrected chi connectivity index (χ1v) is 7.92. The molecule has 0 aliphatic heterocycles. The van der Waals surface area contributed by atoms with Crippen LogP contribution in [0.3, 0.4) is 0 Å². The van der Waals surface area contributed by atoms with Gasteiger partial charge in [-0.2, -0.15) is 13.8 Å². The predicted molar refractivity (Wildman–Crippen MR) is 87.9 cm³/mol. The van der Waals surface area contributed by atoms with Crippen LogP contribution in [0.2, 0.25) is 5.02 Å². The highest BCUT2D eigenvalue weighted by atomic mass is 35.5. The van der Waals surface area contributed by atoms with Crippen LogP contribution in [0, 0.1) is 13.8 Å². The van der Waals surface area contributed by atoms with Crippen LogP contribution in [0.25, 0.3) is 11.4 Å². The molecule has 0 aromatic carbocycles. The number of rotatable bonds is 5. The molecule has 7 nitrogen and oxygen atoms in total. The van der Waals surface area contributed by atoms with E-state index < -0.39 is 11.8 Å². The monoisotopic (exact) mass is 381 g/mol. The summed E-state index contributed by atoms with van der Waals surface area (Å²) >= 11 is 6.27. The molecule has 0 amide bonds. The van der Waals surface area contributed by atoms with Crippen LogP contribution in [0.4, 0.5) is 8.78 Å². The largest absolute Gasteiger partial charge is 0.472 e. The van der Waals surface area contributed by atoms with Crippen LogP contribution >= 0.6 is 11.6 Å². The first-order chi connectivity index (χ1) is 12.3. The van der Waals surface area contributed by atoms with E-state index in [9.17, 15) is 8.78 Å². The van der Waals surface area contributed by atoms with Gasteiger partial charge in [-0.05, 0) is 19.9 Å². The zero-order valence-electron chi connectivity index (χ0n) is 14.1. The number of hydrogen-bond acceptors (Lipinski definition) is 7. The lowest BCUT2D eigenvalue weighted by Gasteiger charge is -2.10. The molecule has 3 aromatic rings. The van der Waals surface area contributed by atoms with Crippen molar-refractivity contribution >= 4 is 11.6 Å². The number of aromatic nitrogens is 5. The fraction of sp³-hybridized carbons (Fsp3) is 0.312. The van der Waals surface area contributed by atoms with Gasteiger partial charge in [-0.15, -0.1) is 0 Å². The van der Waals surface area contributed by atoms with Gasteiger partial charge in [0.15, 0.2) is 0 Å². The lowest BCUT2D eigenvalue weighted by Crippen LogP contribution is -2.07. The standard InChI is InChI=1S/C16H14ClF2N5O2/c1-8-10(6-21-9(2)22-8)7-25-14-12(17)11(4-5-20-14)13-23-15(26-24-13)16(3,18)19/h4-6H,7H2,1-3H3. The number of pyridine rings is 1. The van der Waals surface area contributed by atoms with E-state index in [1.54, 1.807) is 13.1 Å². The van der Waals surface area contributed by atoms with Crippen molar-refractivity contribution in [3.8, 4) is 17.3 Å². The average Bonchev–Trinajstić information content (AvgIpc) is 3.05. The topological polar surface area (TPSA) is 86.8 Å². The molecule has 0 saturated heterocycles. The Bertz CT molecular complexity index is 943. The van der Waals surface area contributed by atoms with Crippen molar-refractivity contribution in [2.45, 2.75) is 33.3 Å². The number of aryl methyl sites for hydroxylation is 2. The first-order valence-electron chi connectivity index (χ1n) is 7.54. The molecular weight excluding hydrogens is 368 g/mol. The third kappa shape index (κ3) is 3.77. The molecule has 3 heterocycles. The highest BCUT2D eigenvalue weighted by molar-refractivity contribution is 6.34. The van der Waals surface area contributed by atoms with Gasteiger partial charge < -0.3 is 9.26 Å². The normalized spacial score (nSPS) is 11.6. The maximum absolute atomic E-state index is 13.3.